The molecule has 1 aromatic carbocycles. The lowest BCUT2D eigenvalue weighted by Crippen LogP contribution is -2.28. The number of thiophene rings is 1. The van der Waals surface area contributed by atoms with E-state index in [1.807, 2.05) is 35.7 Å². The zero-order chi connectivity index (χ0) is 11.5. The third-order valence-corrected chi connectivity index (χ3v) is 3.95. The molecule has 1 atom stereocenters. The smallest absolute Gasteiger partial charge is 0.0817 e. The molecule has 0 bridgehead atoms. The highest BCUT2D eigenvalue weighted by Crippen LogP contribution is 2.32. The van der Waals surface area contributed by atoms with Crippen molar-refractivity contribution in [2.45, 2.75) is 6.04 Å². The molecule has 0 saturated carbocycles. The van der Waals surface area contributed by atoms with E-state index in [2.05, 4.69) is 5.43 Å². The van der Waals surface area contributed by atoms with E-state index in [0.717, 1.165) is 15.5 Å². The first-order chi connectivity index (χ1) is 7.72. The van der Waals surface area contributed by atoms with Crippen molar-refractivity contribution < 1.29 is 0 Å². The number of rotatable bonds is 3. The Balaban J connectivity index is 2.37. The molecule has 0 amide bonds. The standard InChI is InChI=1S/C11H10Cl2N2S/c12-8-3-1-7(2-4-8)10(15-14)11-9(13)5-6-16-11/h1-6,10,15H,14H2. The van der Waals surface area contributed by atoms with E-state index in [9.17, 15) is 0 Å². The van der Waals surface area contributed by atoms with Crippen molar-refractivity contribution in [1.82, 2.24) is 5.43 Å². The summed E-state index contributed by atoms with van der Waals surface area (Å²) < 4.78 is 0. The molecule has 0 spiro atoms. The molecule has 16 heavy (non-hydrogen) atoms. The molecule has 1 aromatic heterocycles. The Morgan fingerprint density at radius 1 is 1.12 bits per heavy atom. The van der Waals surface area contributed by atoms with Gasteiger partial charge in [0.25, 0.3) is 0 Å². The fourth-order valence-electron chi connectivity index (χ4n) is 1.49. The van der Waals surface area contributed by atoms with E-state index in [4.69, 9.17) is 29.0 Å². The van der Waals surface area contributed by atoms with Gasteiger partial charge in [-0.2, -0.15) is 0 Å². The van der Waals surface area contributed by atoms with Crippen molar-refractivity contribution >= 4 is 34.5 Å². The second-order valence-corrected chi connectivity index (χ2v) is 5.08. The minimum atomic E-state index is -0.0928. The number of hydrazine groups is 1. The Labute approximate surface area is 108 Å². The van der Waals surface area contributed by atoms with Crippen LogP contribution in [0.1, 0.15) is 16.5 Å². The van der Waals surface area contributed by atoms with Gasteiger partial charge in [-0.1, -0.05) is 35.3 Å². The fraction of sp³-hybridized carbons (Fsp3) is 0.0909. The van der Waals surface area contributed by atoms with E-state index in [1.165, 1.54) is 0 Å². The third kappa shape index (κ3) is 2.39. The van der Waals surface area contributed by atoms with Crippen LogP contribution in [0.5, 0.6) is 0 Å². The highest BCUT2D eigenvalue weighted by molar-refractivity contribution is 7.10. The van der Waals surface area contributed by atoms with Crippen LogP contribution < -0.4 is 11.3 Å². The lowest BCUT2D eigenvalue weighted by Gasteiger charge is -2.15. The van der Waals surface area contributed by atoms with Gasteiger partial charge in [0.2, 0.25) is 0 Å². The molecule has 1 heterocycles. The van der Waals surface area contributed by atoms with Gasteiger partial charge in [0.05, 0.1) is 11.1 Å². The van der Waals surface area contributed by atoms with Crippen LogP contribution in [-0.2, 0) is 0 Å². The molecular formula is C11H10Cl2N2S. The first-order valence-electron chi connectivity index (χ1n) is 4.67. The number of halogens is 2. The Hall–Kier alpha value is -0.580. The first kappa shape index (κ1) is 11.9. The van der Waals surface area contributed by atoms with Crippen molar-refractivity contribution in [2.24, 2.45) is 5.84 Å². The van der Waals surface area contributed by atoms with Crippen LogP contribution in [0.15, 0.2) is 35.7 Å². The molecule has 2 rings (SSSR count). The number of hydrogen-bond donors (Lipinski definition) is 2. The van der Waals surface area contributed by atoms with Crippen molar-refractivity contribution in [1.29, 1.82) is 0 Å². The van der Waals surface area contributed by atoms with Gasteiger partial charge in [0.15, 0.2) is 0 Å². The van der Waals surface area contributed by atoms with E-state index in [1.54, 1.807) is 11.3 Å². The normalized spacial score (nSPS) is 12.7. The SMILES string of the molecule is NNC(c1ccc(Cl)cc1)c1sccc1Cl. The molecule has 0 saturated heterocycles. The van der Waals surface area contributed by atoms with Gasteiger partial charge in [-0.3, -0.25) is 5.84 Å². The summed E-state index contributed by atoms with van der Waals surface area (Å²) >= 11 is 13.5. The molecule has 0 radical (unpaired) electrons. The van der Waals surface area contributed by atoms with Gasteiger partial charge in [-0.05, 0) is 29.1 Å². The molecule has 2 nitrogen and oxygen atoms in total. The molecule has 3 N–H and O–H groups in total. The maximum atomic E-state index is 6.08. The molecule has 1 unspecified atom stereocenters. The van der Waals surface area contributed by atoms with Crippen molar-refractivity contribution in [3.05, 3.63) is 56.2 Å². The summed E-state index contributed by atoms with van der Waals surface area (Å²) in [6.07, 6.45) is 0. The minimum Gasteiger partial charge on any atom is -0.271 e. The van der Waals surface area contributed by atoms with Gasteiger partial charge in [-0.15, -0.1) is 11.3 Å². The van der Waals surface area contributed by atoms with E-state index in [0.29, 0.717) is 5.02 Å². The predicted octanol–water partition coefficient (Wildman–Crippen LogP) is 3.61. The molecule has 2 aromatic rings. The molecule has 0 aliphatic rings. The van der Waals surface area contributed by atoms with Crippen molar-refractivity contribution in [3.8, 4) is 0 Å². The van der Waals surface area contributed by atoms with Gasteiger partial charge in [-0.25, -0.2) is 5.43 Å². The fourth-order valence-corrected chi connectivity index (χ4v) is 2.87. The summed E-state index contributed by atoms with van der Waals surface area (Å²) in [5.74, 6) is 5.57. The number of nitrogens with two attached hydrogens (primary N) is 1. The molecule has 0 aliphatic heterocycles. The van der Waals surface area contributed by atoms with Crippen LogP contribution in [0.3, 0.4) is 0 Å². The summed E-state index contributed by atoms with van der Waals surface area (Å²) in [7, 11) is 0. The van der Waals surface area contributed by atoms with Crippen LogP contribution >= 0.6 is 34.5 Å². The largest absolute Gasteiger partial charge is 0.271 e. The van der Waals surface area contributed by atoms with Crippen LogP contribution in [0, 0.1) is 0 Å². The molecule has 0 fully saturated rings. The highest BCUT2D eigenvalue weighted by atomic mass is 35.5. The molecule has 5 heteroatoms. The van der Waals surface area contributed by atoms with Crippen LogP contribution in [0.2, 0.25) is 10.0 Å². The van der Waals surface area contributed by atoms with Crippen molar-refractivity contribution in [2.75, 3.05) is 0 Å². The maximum Gasteiger partial charge on any atom is 0.0817 e. The zero-order valence-corrected chi connectivity index (χ0v) is 10.6. The van der Waals surface area contributed by atoms with Crippen LogP contribution in [0.25, 0.3) is 0 Å². The summed E-state index contributed by atoms with van der Waals surface area (Å²) in [4.78, 5) is 1.01. The van der Waals surface area contributed by atoms with E-state index >= 15 is 0 Å². The summed E-state index contributed by atoms with van der Waals surface area (Å²) in [5, 5.41) is 3.37. The molecule has 84 valence electrons. The average molecular weight is 273 g/mol. The van der Waals surface area contributed by atoms with E-state index in [-0.39, 0.29) is 6.04 Å². The van der Waals surface area contributed by atoms with Gasteiger partial charge in [0.1, 0.15) is 0 Å². The summed E-state index contributed by atoms with van der Waals surface area (Å²) in [6.45, 7) is 0. The Morgan fingerprint density at radius 2 is 1.81 bits per heavy atom. The second-order valence-electron chi connectivity index (χ2n) is 3.28. The van der Waals surface area contributed by atoms with Gasteiger partial charge >= 0.3 is 0 Å². The first-order valence-corrected chi connectivity index (χ1v) is 6.30. The summed E-state index contributed by atoms with van der Waals surface area (Å²) in [6, 6.07) is 9.31. The van der Waals surface area contributed by atoms with Crippen LogP contribution in [0.4, 0.5) is 0 Å². The average Bonchev–Trinajstić information content (AvgIpc) is 2.69. The summed E-state index contributed by atoms with van der Waals surface area (Å²) in [5.41, 5.74) is 3.80. The van der Waals surface area contributed by atoms with E-state index < -0.39 is 0 Å². The second kappa shape index (κ2) is 5.17. The monoisotopic (exact) mass is 272 g/mol. The maximum absolute atomic E-state index is 6.08. The zero-order valence-electron chi connectivity index (χ0n) is 8.28. The Morgan fingerprint density at radius 3 is 2.31 bits per heavy atom. The molecule has 0 aliphatic carbocycles. The van der Waals surface area contributed by atoms with Gasteiger partial charge in [0, 0.05) is 9.90 Å². The number of hydrogen-bond acceptors (Lipinski definition) is 3. The predicted molar refractivity (Wildman–Crippen MR) is 69.9 cm³/mol. The number of benzene rings is 1. The van der Waals surface area contributed by atoms with Crippen molar-refractivity contribution in [3.63, 3.8) is 0 Å². The Bertz CT molecular complexity index is 467. The number of nitrogens with one attached hydrogen (secondary N) is 1. The van der Waals surface area contributed by atoms with Crippen LogP contribution in [-0.4, -0.2) is 0 Å². The highest BCUT2D eigenvalue weighted by Gasteiger charge is 2.16. The third-order valence-electron chi connectivity index (χ3n) is 2.28. The van der Waals surface area contributed by atoms with Gasteiger partial charge < -0.3 is 0 Å². The lowest BCUT2D eigenvalue weighted by atomic mass is 10.1. The molecular weight excluding hydrogens is 263 g/mol. The lowest BCUT2D eigenvalue weighted by molar-refractivity contribution is 0.647. The minimum absolute atomic E-state index is 0.0928. The quantitative estimate of drug-likeness (QED) is 0.662. The Kier molecular flexibility index (Phi) is 3.84. The topological polar surface area (TPSA) is 38.0 Å².